The van der Waals surface area contributed by atoms with Gasteiger partial charge in [0.15, 0.2) is 5.65 Å². The molecule has 1 spiro atoms. The van der Waals surface area contributed by atoms with E-state index in [1.54, 1.807) is 0 Å². The number of carboxylic acids is 1. The lowest BCUT2D eigenvalue weighted by Gasteiger charge is -2.40. The largest absolute Gasteiger partial charge is 0.481 e. The molecule has 0 atom stereocenters. The van der Waals surface area contributed by atoms with Crippen LogP contribution in [0.2, 0.25) is 0 Å². The van der Waals surface area contributed by atoms with Gasteiger partial charge in [0.1, 0.15) is 5.60 Å². The number of aryl methyl sites for hydroxylation is 1. The van der Waals surface area contributed by atoms with E-state index in [1.807, 2.05) is 30.9 Å². The summed E-state index contributed by atoms with van der Waals surface area (Å²) in [4.78, 5) is 34.2. The van der Waals surface area contributed by atoms with Crippen molar-refractivity contribution in [2.45, 2.75) is 70.6 Å². The van der Waals surface area contributed by atoms with Crippen LogP contribution in [0.1, 0.15) is 57.9 Å². The average Bonchev–Trinajstić information content (AvgIpc) is 3.44. The number of nitrogens with one attached hydrogen (secondary N) is 3. The molecule has 3 heterocycles. The molecule has 2 saturated carbocycles. The number of hydrogen-bond acceptors (Lipinski definition) is 7. The van der Waals surface area contributed by atoms with Crippen molar-refractivity contribution in [2.75, 3.05) is 11.9 Å². The first-order valence-corrected chi connectivity index (χ1v) is 12.2. The van der Waals surface area contributed by atoms with E-state index in [1.165, 1.54) is 0 Å². The van der Waals surface area contributed by atoms with Gasteiger partial charge in [-0.2, -0.15) is 5.10 Å². The van der Waals surface area contributed by atoms with Crippen molar-refractivity contribution in [1.29, 1.82) is 0 Å². The van der Waals surface area contributed by atoms with Crippen LogP contribution < -0.4 is 16.1 Å². The summed E-state index contributed by atoms with van der Waals surface area (Å²) in [6, 6.07) is 0.174. The molecule has 2 aromatic heterocycles. The first-order valence-electron chi connectivity index (χ1n) is 12.2. The summed E-state index contributed by atoms with van der Waals surface area (Å²) in [6.45, 7) is 5.30. The molecule has 0 aromatic carbocycles. The lowest BCUT2D eigenvalue weighted by molar-refractivity contribution is -0.146. The SMILES string of the molecule is CCNC(=O)C1CC2(C=C(c3cnc4c(cnn4CC)c3NC3CCC(C(=O)O)CC3)NO2)C1. The molecule has 10 nitrogen and oxygen atoms in total. The molecular weight excluding hydrogens is 436 g/mol. The minimum Gasteiger partial charge on any atom is -0.481 e. The van der Waals surface area contributed by atoms with Crippen LogP contribution in [0, 0.1) is 11.8 Å². The maximum Gasteiger partial charge on any atom is 0.306 e. The summed E-state index contributed by atoms with van der Waals surface area (Å²) in [5, 5.41) is 21.3. The number of carboxylic acid groups (broad SMARTS) is 1. The van der Waals surface area contributed by atoms with Crippen LogP contribution in [0.4, 0.5) is 5.69 Å². The van der Waals surface area contributed by atoms with Gasteiger partial charge in [-0.25, -0.2) is 9.67 Å². The number of pyridine rings is 1. The highest BCUT2D eigenvalue weighted by Gasteiger charge is 2.50. The maximum atomic E-state index is 12.2. The van der Waals surface area contributed by atoms with E-state index >= 15 is 0 Å². The number of fused-ring (bicyclic) bond motifs is 1. The Morgan fingerprint density at radius 2 is 1.97 bits per heavy atom. The summed E-state index contributed by atoms with van der Waals surface area (Å²) in [5.41, 5.74) is 6.06. The molecule has 1 aliphatic heterocycles. The zero-order valence-corrected chi connectivity index (χ0v) is 19.6. The molecule has 1 amide bonds. The van der Waals surface area contributed by atoms with Gasteiger partial charge in [0.05, 0.1) is 28.9 Å². The van der Waals surface area contributed by atoms with E-state index in [9.17, 15) is 14.7 Å². The van der Waals surface area contributed by atoms with Crippen LogP contribution in [0.3, 0.4) is 0 Å². The van der Waals surface area contributed by atoms with E-state index in [4.69, 9.17) is 4.84 Å². The number of anilines is 1. The third-order valence-corrected chi connectivity index (χ3v) is 7.36. The second-order valence-corrected chi connectivity index (χ2v) is 9.60. The number of amides is 1. The lowest BCUT2D eigenvalue weighted by Crippen LogP contribution is -2.50. The van der Waals surface area contributed by atoms with Gasteiger partial charge in [-0.1, -0.05) is 0 Å². The van der Waals surface area contributed by atoms with Crippen molar-refractivity contribution in [2.24, 2.45) is 11.8 Å². The van der Waals surface area contributed by atoms with Crippen molar-refractivity contribution in [3.8, 4) is 0 Å². The summed E-state index contributed by atoms with van der Waals surface area (Å²) in [7, 11) is 0. The summed E-state index contributed by atoms with van der Waals surface area (Å²) in [6.07, 6.45) is 9.94. The molecule has 3 aliphatic rings. The number of aliphatic carboxylic acids is 1. The molecule has 2 aromatic rings. The summed E-state index contributed by atoms with van der Waals surface area (Å²) < 4.78 is 1.86. The Hall–Kier alpha value is -3.14. The molecule has 0 radical (unpaired) electrons. The molecule has 34 heavy (non-hydrogen) atoms. The molecule has 182 valence electrons. The quantitative estimate of drug-likeness (QED) is 0.488. The topological polar surface area (TPSA) is 130 Å². The van der Waals surface area contributed by atoms with E-state index in [-0.39, 0.29) is 23.8 Å². The van der Waals surface area contributed by atoms with Crippen molar-refractivity contribution >= 4 is 34.3 Å². The van der Waals surface area contributed by atoms with Gasteiger partial charge in [0.25, 0.3) is 0 Å². The van der Waals surface area contributed by atoms with Crippen LogP contribution in [0.25, 0.3) is 16.7 Å². The molecule has 0 saturated heterocycles. The highest BCUT2D eigenvalue weighted by Crippen LogP contribution is 2.47. The standard InChI is InChI=1S/C24H32N6O4/c1-3-25-22(31)15-9-24(10-15)11-19(29-34-24)17-12-26-21-18(13-27-30(21)4-2)20(17)28-16-7-5-14(6-8-16)23(32)33/h11-16,29H,3-10H2,1-2H3,(H,25,31)(H,26,28)(H,32,33). The minimum atomic E-state index is -0.705. The molecule has 0 bridgehead atoms. The Balaban J connectivity index is 1.42. The molecule has 2 aliphatic carbocycles. The van der Waals surface area contributed by atoms with Crippen molar-refractivity contribution in [1.82, 2.24) is 25.6 Å². The van der Waals surface area contributed by atoms with Crippen LogP contribution in [-0.2, 0) is 21.0 Å². The molecular formula is C24H32N6O4. The van der Waals surface area contributed by atoms with Gasteiger partial charge < -0.3 is 15.7 Å². The van der Waals surface area contributed by atoms with Gasteiger partial charge in [-0.3, -0.25) is 19.9 Å². The van der Waals surface area contributed by atoms with Gasteiger partial charge in [-0.05, 0) is 58.4 Å². The highest BCUT2D eigenvalue weighted by molar-refractivity contribution is 5.96. The maximum absolute atomic E-state index is 12.2. The Morgan fingerprint density at radius 1 is 1.21 bits per heavy atom. The van der Waals surface area contributed by atoms with E-state index in [0.29, 0.717) is 38.8 Å². The second-order valence-electron chi connectivity index (χ2n) is 9.60. The number of nitrogens with zero attached hydrogens (tertiary/aromatic N) is 3. The van der Waals surface area contributed by atoms with Gasteiger partial charge in [-0.15, -0.1) is 0 Å². The molecule has 4 N–H and O–H groups in total. The zero-order valence-electron chi connectivity index (χ0n) is 19.6. The Kier molecular flexibility index (Phi) is 5.93. The smallest absolute Gasteiger partial charge is 0.306 e. The van der Waals surface area contributed by atoms with E-state index < -0.39 is 11.6 Å². The zero-order chi connectivity index (χ0) is 23.9. The monoisotopic (exact) mass is 468 g/mol. The van der Waals surface area contributed by atoms with Crippen LogP contribution in [0.5, 0.6) is 0 Å². The van der Waals surface area contributed by atoms with Crippen molar-refractivity contribution < 1.29 is 19.5 Å². The highest BCUT2D eigenvalue weighted by atomic mass is 16.7. The predicted molar refractivity (Wildman–Crippen MR) is 127 cm³/mol. The third kappa shape index (κ3) is 4.00. The van der Waals surface area contributed by atoms with Crippen molar-refractivity contribution in [3.63, 3.8) is 0 Å². The number of hydrogen-bond donors (Lipinski definition) is 4. The second kappa shape index (κ2) is 8.90. The fourth-order valence-electron chi connectivity index (χ4n) is 5.40. The Morgan fingerprint density at radius 3 is 2.65 bits per heavy atom. The Bertz CT molecular complexity index is 1130. The first kappa shape index (κ1) is 22.6. The van der Waals surface area contributed by atoms with Gasteiger partial charge in [0.2, 0.25) is 5.91 Å². The number of rotatable bonds is 7. The fraction of sp³-hybridized carbons (Fsp3) is 0.583. The minimum absolute atomic E-state index is 0.0391. The number of carbonyl (C=O) groups excluding carboxylic acids is 1. The van der Waals surface area contributed by atoms with Gasteiger partial charge >= 0.3 is 5.97 Å². The van der Waals surface area contributed by atoms with Gasteiger partial charge in [0, 0.05) is 36.8 Å². The van der Waals surface area contributed by atoms with E-state index in [2.05, 4.69) is 32.3 Å². The normalized spacial score (nSPS) is 28.3. The predicted octanol–water partition coefficient (Wildman–Crippen LogP) is 2.67. The lowest BCUT2D eigenvalue weighted by atomic mass is 9.70. The molecule has 0 unspecified atom stereocenters. The third-order valence-electron chi connectivity index (χ3n) is 7.36. The van der Waals surface area contributed by atoms with Crippen LogP contribution in [-0.4, -0.2) is 49.9 Å². The fourth-order valence-corrected chi connectivity index (χ4v) is 5.40. The number of aromatic nitrogens is 3. The molecule has 10 heteroatoms. The number of hydroxylamine groups is 1. The summed E-state index contributed by atoms with van der Waals surface area (Å²) in [5.74, 6) is -0.929. The van der Waals surface area contributed by atoms with Crippen LogP contribution >= 0.6 is 0 Å². The first-order chi connectivity index (χ1) is 16.4. The van der Waals surface area contributed by atoms with Crippen LogP contribution in [0.15, 0.2) is 18.5 Å². The summed E-state index contributed by atoms with van der Waals surface area (Å²) >= 11 is 0. The Labute approximate surface area is 198 Å². The van der Waals surface area contributed by atoms with Crippen molar-refractivity contribution in [3.05, 3.63) is 24.0 Å². The molecule has 5 rings (SSSR count). The molecule has 2 fully saturated rings. The van der Waals surface area contributed by atoms with E-state index in [0.717, 1.165) is 40.8 Å². The average molecular weight is 469 g/mol. The number of carbonyl (C=O) groups is 2.